The molecule has 0 saturated heterocycles. The summed E-state index contributed by atoms with van der Waals surface area (Å²) in [7, 11) is 0.185. The van der Waals surface area contributed by atoms with Crippen molar-refractivity contribution < 1.29 is 27.1 Å². The van der Waals surface area contributed by atoms with Crippen LogP contribution in [-0.2, 0) is 21.2 Å². The molecule has 0 aliphatic carbocycles. The maximum atomic E-state index is 13.5. The molecule has 7 nitrogen and oxygen atoms in total. The molecule has 1 amide bonds. The number of alkyl halides is 3. The van der Waals surface area contributed by atoms with Crippen LogP contribution in [0.4, 0.5) is 29.2 Å². The van der Waals surface area contributed by atoms with Crippen LogP contribution >= 0.6 is 11.6 Å². The lowest BCUT2D eigenvalue weighted by atomic mass is 10.1. The minimum Gasteiger partial charge on any atom is -0.496 e. The summed E-state index contributed by atoms with van der Waals surface area (Å²) in [5.41, 5.74) is 1.51. The van der Waals surface area contributed by atoms with Crippen molar-refractivity contribution in [2.45, 2.75) is 11.9 Å². The third-order valence-electron chi connectivity index (χ3n) is 4.07. The van der Waals surface area contributed by atoms with Gasteiger partial charge in [-0.3, -0.25) is 4.79 Å². The highest BCUT2D eigenvalue weighted by atomic mass is 35.5. The molecular weight excluding hydrogens is 486 g/mol. The number of nitrogens with one attached hydrogen (secondary N) is 1. The van der Waals surface area contributed by atoms with Gasteiger partial charge in [-0.25, -0.2) is 19.3 Å². The van der Waals surface area contributed by atoms with E-state index >= 15 is 0 Å². The molecule has 0 spiro atoms. The van der Waals surface area contributed by atoms with Crippen molar-refractivity contribution >= 4 is 39.8 Å². The molecule has 3 rings (SSSR count). The number of rotatable bonds is 6. The zero-order chi connectivity index (χ0) is 24.2. The molecule has 1 N–H and O–H groups in total. The minimum absolute atomic E-state index is 0.0561. The van der Waals surface area contributed by atoms with E-state index in [4.69, 9.17) is 16.3 Å². The van der Waals surface area contributed by atoms with Crippen LogP contribution in [-0.4, -0.2) is 40.4 Å². The molecule has 2 aromatic heterocycles. The van der Waals surface area contributed by atoms with Crippen molar-refractivity contribution in [2.75, 3.05) is 18.7 Å². The summed E-state index contributed by atoms with van der Waals surface area (Å²) >= 11 is 6.05. The highest BCUT2D eigenvalue weighted by molar-refractivity contribution is 7.86. The Morgan fingerprint density at radius 3 is 2.64 bits per heavy atom. The van der Waals surface area contributed by atoms with Gasteiger partial charge < -0.3 is 10.1 Å². The standard InChI is InChI=1S/C20H16ClF4N5O2S/c1-32-15-7-12(22)3-4-13(15)14-8-17(27-10-26-14)29-18-6-11(5-16(21)28-18)9-33(2)30-19(31)20(23,24)25/h3-8,10H,9H2,1-2H3,(H,26,27,28,29). The molecule has 0 aliphatic rings. The Balaban J connectivity index is 1.84. The lowest BCUT2D eigenvalue weighted by Gasteiger charge is -2.11. The predicted octanol–water partition coefficient (Wildman–Crippen LogP) is 5.10. The van der Waals surface area contributed by atoms with E-state index in [0.717, 1.165) is 0 Å². The van der Waals surface area contributed by atoms with Gasteiger partial charge in [0.15, 0.2) is 0 Å². The third kappa shape index (κ3) is 6.68. The molecule has 33 heavy (non-hydrogen) atoms. The molecule has 0 bridgehead atoms. The number of anilines is 2. The molecule has 1 aromatic carbocycles. The highest BCUT2D eigenvalue weighted by Gasteiger charge is 2.38. The molecular formula is C20H16ClF4N5O2S. The van der Waals surface area contributed by atoms with Gasteiger partial charge in [-0.2, -0.15) is 17.5 Å². The first-order chi connectivity index (χ1) is 15.5. The molecule has 1 atom stereocenters. The van der Waals surface area contributed by atoms with Crippen molar-refractivity contribution in [3.05, 3.63) is 59.3 Å². The molecule has 3 aromatic rings. The predicted molar refractivity (Wildman–Crippen MR) is 117 cm³/mol. The first-order valence-corrected chi connectivity index (χ1v) is 11.2. The summed E-state index contributed by atoms with van der Waals surface area (Å²) in [6.45, 7) is 0. The Bertz CT molecular complexity index is 1220. The second-order valence-electron chi connectivity index (χ2n) is 6.58. The Kier molecular flexibility index (Phi) is 7.59. The van der Waals surface area contributed by atoms with Gasteiger partial charge >= 0.3 is 12.1 Å². The van der Waals surface area contributed by atoms with Crippen LogP contribution in [0.25, 0.3) is 11.3 Å². The maximum absolute atomic E-state index is 13.5. The van der Waals surface area contributed by atoms with Crippen molar-refractivity contribution in [3.63, 3.8) is 0 Å². The van der Waals surface area contributed by atoms with Crippen LogP contribution in [0.2, 0.25) is 5.15 Å². The quantitative estimate of drug-likeness (QED) is 0.373. The maximum Gasteiger partial charge on any atom is 0.474 e. The zero-order valence-electron chi connectivity index (χ0n) is 17.2. The van der Waals surface area contributed by atoms with Gasteiger partial charge in [0.05, 0.1) is 12.8 Å². The van der Waals surface area contributed by atoms with Gasteiger partial charge in [0, 0.05) is 23.4 Å². The number of halogens is 5. The third-order valence-corrected chi connectivity index (χ3v) is 5.50. The van der Waals surface area contributed by atoms with Gasteiger partial charge in [0.1, 0.15) is 34.7 Å². The largest absolute Gasteiger partial charge is 0.496 e. The summed E-state index contributed by atoms with van der Waals surface area (Å²) in [5.74, 6) is -1.64. The average Bonchev–Trinajstić information content (AvgIpc) is 2.72. The van der Waals surface area contributed by atoms with Gasteiger partial charge in [0.25, 0.3) is 0 Å². The normalized spacial score (nSPS) is 12.5. The molecule has 0 radical (unpaired) electrons. The first kappa shape index (κ1) is 24.5. The van der Waals surface area contributed by atoms with Gasteiger partial charge in [-0.05, 0) is 36.1 Å². The number of carbonyl (C=O) groups excluding carboxylic acids is 1. The Morgan fingerprint density at radius 1 is 1.18 bits per heavy atom. The number of ether oxygens (including phenoxy) is 1. The fourth-order valence-corrected chi connectivity index (χ4v) is 4.08. The van der Waals surface area contributed by atoms with Crippen molar-refractivity contribution in [1.82, 2.24) is 15.0 Å². The molecule has 1 unspecified atom stereocenters. The smallest absolute Gasteiger partial charge is 0.474 e. The van der Waals surface area contributed by atoms with Crippen molar-refractivity contribution in [1.29, 1.82) is 0 Å². The van der Waals surface area contributed by atoms with E-state index in [2.05, 4.69) is 24.6 Å². The Labute approximate surface area is 193 Å². The zero-order valence-corrected chi connectivity index (χ0v) is 18.7. The van der Waals surface area contributed by atoms with Crippen LogP contribution in [0, 0.1) is 5.82 Å². The number of pyridine rings is 1. The number of benzene rings is 1. The summed E-state index contributed by atoms with van der Waals surface area (Å²) in [6.07, 6.45) is -2.31. The number of aromatic nitrogens is 3. The summed E-state index contributed by atoms with van der Waals surface area (Å²) in [4.78, 5) is 23.5. The first-order valence-electron chi connectivity index (χ1n) is 9.10. The number of methoxy groups -OCH3 is 1. The van der Waals surface area contributed by atoms with Gasteiger partial charge in [-0.15, -0.1) is 0 Å². The number of nitrogens with zero attached hydrogens (tertiary/aromatic N) is 4. The van der Waals surface area contributed by atoms with Gasteiger partial charge in [0.2, 0.25) is 0 Å². The van der Waals surface area contributed by atoms with E-state index in [-0.39, 0.29) is 22.5 Å². The lowest BCUT2D eigenvalue weighted by Crippen LogP contribution is -2.21. The monoisotopic (exact) mass is 501 g/mol. The van der Waals surface area contributed by atoms with E-state index in [1.54, 1.807) is 12.1 Å². The van der Waals surface area contributed by atoms with Crippen LogP contribution in [0.15, 0.2) is 47.1 Å². The second kappa shape index (κ2) is 10.2. The van der Waals surface area contributed by atoms with Crippen LogP contribution < -0.4 is 10.1 Å². The molecule has 13 heteroatoms. The molecule has 2 heterocycles. The Morgan fingerprint density at radius 2 is 1.94 bits per heavy atom. The van der Waals surface area contributed by atoms with E-state index < -0.39 is 28.6 Å². The van der Waals surface area contributed by atoms with Crippen LogP contribution in [0.5, 0.6) is 5.75 Å². The molecule has 0 aliphatic heterocycles. The number of carbonyl (C=O) groups is 1. The van der Waals surface area contributed by atoms with E-state index in [1.807, 2.05) is 0 Å². The summed E-state index contributed by atoms with van der Waals surface area (Å²) in [6, 6.07) is 8.63. The van der Waals surface area contributed by atoms with Crippen LogP contribution in [0.3, 0.4) is 0 Å². The SMILES string of the molecule is COc1cc(F)ccc1-c1cc(Nc2cc(CS(C)=NC(=O)C(F)(F)F)cc(Cl)n2)ncn1. The second-order valence-corrected chi connectivity index (χ2v) is 8.64. The number of hydrogen-bond acceptors (Lipinski definition) is 6. The Hall–Kier alpha value is -3.12. The van der Waals surface area contributed by atoms with Crippen molar-refractivity contribution in [3.8, 4) is 17.0 Å². The van der Waals surface area contributed by atoms with E-state index in [9.17, 15) is 22.4 Å². The summed E-state index contributed by atoms with van der Waals surface area (Å²) < 4.78 is 59.1. The molecule has 174 valence electrons. The minimum atomic E-state index is -5.01. The average molecular weight is 502 g/mol. The van der Waals surface area contributed by atoms with Crippen molar-refractivity contribution in [2.24, 2.45) is 4.36 Å². The fourth-order valence-electron chi connectivity index (χ4n) is 2.74. The van der Waals surface area contributed by atoms with E-state index in [0.29, 0.717) is 22.6 Å². The molecule has 0 fully saturated rings. The fraction of sp³-hybridized carbons (Fsp3) is 0.200. The highest BCUT2D eigenvalue weighted by Crippen LogP contribution is 2.30. The summed E-state index contributed by atoms with van der Waals surface area (Å²) in [5, 5.41) is 3.03. The topological polar surface area (TPSA) is 89.4 Å². The van der Waals surface area contributed by atoms with Gasteiger partial charge in [-0.1, -0.05) is 22.3 Å². The van der Waals surface area contributed by atoms with Crippen LogP contribution in [0.1, 0.15) is 5.56 Å². The number of amides is 1. The number of hydrogen-bond donors (Lipinski definition) is 1. The molecule has 0 saturated carbocycles. The van der Waals surface area contributed by atoms with E-state index in [1.165, 1.54) is 44.0 Å². The lowest BCUT2D eigenvalue weighted by molar-refractivity contribution is -0.169.